The van der Waals surface area contributed by atoms with Crippen molar-refractivity contribution in [3.63, 3.8) is 0 Å². The minimum atomic E-state index is -1.08. The van der Waals surface area contributed by atoms with Crippen molar-refractivity contribution in [2.24, 2.45) is 5.73 Å². The summed E-state index contributed by atoms with van der Waals surface area (Å²) in [4.78, 5) is 36.9. The third-order valence-corrected chi connectivity index (χ3v) is 2.49. The third kappa shape index (κ3) is 6.16. The van der Waals surface area contributed by atoms with Gasteiger partial charge in [-0.2, -0.15) is 0 Å². The van der Waals surface area contributed by atoms with Crippen LogP contribution in [0.2, 0.25) is 0 Å². The van der Waals surface area contributed by atoms with Crippen molar-refractivity contribution in [3.8, 4) is 0 Å². The summed E-state index contributed by atoms with van der Waals surface area (Å²) in [6.45, 7) is 2.86. The number of carbonyl (C=O) groups excluding carboxylic acids is 2. The van der Waals surface area contributed by atoms with Crippen LogP contribution in [0.1, 0.15) is 19.5 Å². The summed E-state index contributed by atoms with van der Waals surface area (Å²) in [5, 5.41) is 9.00. The largest absolute Gasteiger partial charge is 0.480 e. The van der Waals surface area contributed by atoms with Gasteiger partial charge >= 0.3 is 5.97 Å². The number of imidazole rings is 1. The Labute approximate surface area is 108 Å². The number of hydrogen-bond donors (Lipinski definition) is 3. The number of aldehydes is 1. The number of nitrogens with one attached hydrogen (secondary N) is 1. The number of aromatic amines is 1. The number of carboxylic acids is 1. The molecule has 100 valence electrons. The second kappa shape index (κ2) is 8.43. The molecular formula is C10H15N3O4S. The maximum absolute atomic E-state index is 10.8. The summed E-state index contributed by atoms with van der Waals surface area (Å²) in [6.07, 6.45) is 2.29. The first-order chi connectivity index (χ1) is 8.42. The van der Waals surface area contributed by atoms with E-state index in [1.807, 2.05) is 0 Å². The molecule has 0 spiro atoms. The van der Waals surface area contributed by atoms with Crippen molar-refractivity contribution in [2.75, 3.05) is 0 Å². The molecule has 7 nitrogen and oxygen atoms in total. The van der Waals surface area contributed by atoms with E-state index >= 15 is 0 Å². The Morgan fingerprint density at radius 2 is 2.22 bits per heavy atom. The zero-order valence-corrected chi connectivity index (χ0v) is 10.9. The Balaban J connectivity index is 0.000000873. The summed E-state index contributed by atoms with van der Waals surface area (Å²) in [6, 6.07) is -0.989. The van der Waals surface area contributed by atoms with E-state index in [9.17, 15) is 9.59 Å². The highest BCUT2D eigenvalue weighted by Crippen LogP contribution is 2.20. The van der Waals surface area contributed by atoms with Crippen LogP contribution in [0.3, 0.4) is 0 Å². The van der Waals surface area contributed by atoms with Gasteiger partial charge in [-0.25, -0.2) is 4.98 Å². The van der Waals surface area contributed by atoms with Crippen LogP contribution in [0, 0.1) is 0 Å². The van der Waals surface area contributed by atoms with Crippen molar-refractivity contribution >= 4 is 29.1 Å². The van der Waals surface area contributed by atoms with E-state index in [0.717, 1.165) is 18.0 Å². The predicted molar refractivity (Wildman–Crippen MR) is 66.2 cm³/mol. The summed E-state index contributed by atoms with van der Waals surface area (Å²) in [7, 11) is 0. The predicted octanol–water partition coefficient (Wildman–Crippen LogP) is 0.208. The highest BCUT2D eigenvalue weighted by atomic mass is 32.2. The smallest absolute Gasteiger partial charge is 0.320 e. The zero-order valence-electron chi connectivity index (χ0n) is 10.0. The number of nitrogens with zero attached hydrogens (tertiary/aromatic N) is 1. The molecule has 0 aliphatic carbocycles. The van der Waals surface area contributed by atoms with Gasteiger partial charge in [-0.05, 0) is 18.7 Å². The molecule has 1 heterocycles. The fourth-order valence-corrected chi connectivity index (χ4v) is 1.63. The fraction of sp³-hybridized carbons (Fsp3) is 0.400. The van der Waals surface area contributed by atoms with Crippen molar-refractivity contribution in [1.82, 2.24) is 9.97 Å². The maximum Gasteiger partial charge on any atom is 0.320 e. The molecule has 1 unspecified atom stereocenters. The average Bonchev–Trinajstić information content (AvgIpc) is 2.65. The van der Waals surface area contributed by atoms with E-state index in [1.54, 1.807) is 0 Å². The van der Waals surface area contributed by atoms with Gasteiger partial charge in [0, 0.05) is 13.3 Å². The van der Waals surface area contributed by atoms with E-state index < -0.39 is 12.0 Å². The third-order valence-electron chi connectivity index (χ3n) is 1.66. The van der Waals surface area contributed by atoms with E-state index in [-0.39, 0.29) is 11.5 Å². The molecular weight excluding hydrogens is 258 g/mol. The molecule has 0 amide bonds. The molecule has 8 heteroatoms. The molecule has 0 aliphatic heterocycles. The first-order valence-corrected chi connectivity index (χ1v) is 5.82. The summed E-state index contributed by atoms with van der Waals surface area (Å²) in [5.74, 6) is -1.08. The normalized spacial score (nSPS) is 11.1. The van der Waals surface area contributed by atoms with E-state index in [1.165, 1.54) is 20.2 Å². The standard InChI is InChI=1S/C8H11N3O3S.C2H4O/c1-4(12)15-7-6(10-3-11-7)2-5(9)8(13)14;1-2-3/h3,5H,2,9H2,1H3,(H,10,11)(H,13,14);2H,1H3. The number of carboxylic acid groups (broad SMARTS) is 1. The first-order valence-electron chi connectivity index (χ1n) is 5.01. The Hall–Kier alpha value is -1.67. The number of H-pyrrole nitrogens is 1. The molecule has 0 saturated carbocycles. The van der Waals surface area contributed by atoms with Gasteiger partial charge in [-0.3, -0.25) is 9.59 Å². The van der Waals surface area contributed by atoms with Gasteiger partial charge in [0.05, 0.1) is 12.0 Å². The molecule has 0 bridgehead atoms. The van der Waals surface area contributed by atoms with Gasteiger partial charge in [0.15, 0.2) is 5.12 Å². The molecule has 0 aromatic carbocycles. The molecule has 0 aliphatic rings. The highest BCUT2D eigenvalue weighted by Gasteiger charge is 2.17. The van der Waals surface area contributed by atoms with Crippen molar-refractivity contribution in [1.29, 1.82) is 0 Å². The Bertz CT molecular complexity index is 419. The van der Waals surface area contributed by atoms with Crippen molar-refractivity contribution < 1.29 is 19.5 Å². The molecule has 4 N–H and O–H groups in total. The lowest BCUT2D eigenvalue weighted by Crippen LogP contribution is -2.32. The second-order valence-corrected chi connectivity index (χ2v) is 4.33. The van der Waals surface area contributed by atoms with Crippen LogP contribution in [0.25, 0.3) is 0 Å². The number of thioether (sulfide) groups is 1. The van der Waals surface area contributed by atoms with Gasteiger partial charge in [0.1, 0.15) is 17.4 Å². The van der Waals surface area contributed by atoms with E-state index in [0.29, 0.717) is 10.7 Å². The fourth-order valence-electron chi connectivity index (χ4n) is 0.986. The minimum Gasteiger partial charge on any atom is -0.480 e. The van der Waals surface area contributed by atoms with Crippen LogP contribution >= 0.6 is 11.8 Å². The SMILES string of the molecule is CC(=O)Sc1nc[nH]c1CC(N)C(=O)O.CC=O. The van der Waals surface area contributed by atoms with Gasteiger partial charge in [0.2, 0.25) is 0 Å². The van der Waals surface area contributed by atoms with Crippen LogP contribution in [0.5, 0.6) is 0 Å². The van der Waals surface area contributed by atoms with Crippen LogP contribution < -0.4 is 5.73 Å². The van der Waals surface area contributed by atoms with Crippen molar-refractivity contribution in [2.45, 2.75) is 31.3 Å². The summed E-state index contributed by atoms with van der Waals surface area (Å²) >= 11 is 0.956. The Morgan fingerprint density at radius 1 is 1.67 bits per heavy atom. The quantitative estimate of drug-likeness (QED) is 0.528. The molecule has 0 saturated heterocycles. The number of aromatic nitrogens is 2. The maximum atomic E-state index is 10.8. The molecule has 1 rings (SSSR count). The molecule has 0 fully saturated rings. The number of nitrogens with two attached hydrogens (primary N) is 1. The zero-order chi connectivity index (χ0) is 14.1. The lowest BCUT2D eigenvalue weighted by molar-refractivity contribution is -0.138. The van der Waals surface area contributed by atoms with Gasteiger partial charge < -0.3 is 20.6 Å². The molecule has 0 radical (unpaired) electrons. The first kappa shape index (κ1) is 16.3. The Morgan fingerprint density at radius 3 is 2.67 bits per heavy atom. The van der Waals surface area contributed by atoms with Crippen LogP contribution in [0.15, 0.2) is 11.4 Å². The lowest BCUT2D eigenvalue weighted by atomic mass is 10.2. The monoisotopic (exact) mass is 273 g/mol. The summed E-state index contributed by atoms with van der Waals surface area (Å²) < 4.78 is 0. The number of rotatable bonds is 4. The summed E-state index contributed by atoms with van der Waals surface area (Å²) in [5.41, 5.74) is 5.94. The lowest BCUT2D eigenvalue weighted by Gasteiger charge is -2.05. The number of aliphatic carboxylic acids is 1. The molecule has 18 heavy (non-hydrogen) atoms. The minimum absolute atomic E-state index is 0.104. The van der Waals surface area contributed by atoms with Gasteiger partial charge in [-0.1, -0.05) is 0 Å². The van der Waals surface area contributed by atoms with Crippen molar-refractivity contribution in [3.05, 3.63) is 12.0 Å². The molecule has 1 aromatic heterocycles. The highest BCUT2D eigenvalue weighted by molar-refractivity contribution is 8.13. The van der Waals surface area contributed by atoms with Crippen LogP contribution in [0.4, 0.5) is 0 Å². The number of hydrogen-bond acceptors (Lipinski definition) is 6. The van der Waals surface area contributed by atoms with Crippen LogP contribution in [-0.4, -0.2) is 38.5 Å². The van der Waals surface area contributed by atoms with E-state index in [4.69, 9.17) is 15.6 Å². The molecule has 1 aromatic rings. The Kier molecular flexibility index (Phi) is 7.64. The van der Waals surface area contributed by atoms with Gasteiger partial charge in [0.25, 0.3) is 0 Å². The molecule has 1 atom stereocenters. The number of carbonyl (C=O) groups is 3. The topological polar surface area (TPSA) is 126 Å². The average molecular weight is 273 g/mol. The van der Waals surface area contributed by atoms with E-state index in [2.05, 4.69) is 9.97 Å². The van der Waals surface area contributed by atoms with Gasteiger partial charge in [-0.15, -0.1) is 0 Å². The second-order valence-electron chi connectivity index (χ2n) is 3.16. The van der Waals surface area contributed by atoms with Crippen LogP contribution in [-0.2, 0) is 20.8 Å².